The molecule has 4 nitrogen and oxygen atoms in total. The fourth-order valence-corrected chi connectivity index (χ4v) is 2.39. The summed E-state index contributed by atoms with van der Waals surface area (Å²) in [5.41, 5.74) is 2.16. The summed E-state index contributed by atoms with van der Waals surface area (Å²) in [4.78, 5) is 1.62. The molecule has 0 aliphatic heterocycles. The molecule has 0 N–H and O–H groups in total. The van der Waals surface area contributed by atoms with Crippen molar-refractivity contribution in [3.8, 4) is 5.69 Å². The van der Waals surface area contributed by atoms with Crippen LogP contribution in [0.2, 0.25) is 0 Å². The van der Waals surface area contributed by atoms with Crippen LogP contribution < -0.4 is 0 Å². The maximum absolute atomic E-state index is 5.91. The molecule has 1 aromatic carbocycles. The van der Waals surface area contributed by atoms with Crippen LogP contribution in [0.5, 0.6) is 0 Å². The molecule has 0 saturated heterocycles. The molecular formula is C14H17N3O. The molecule has 1 aliphatic rings. The summed E-state index contributed by atoms with van der Waals surface area (Å²) in [6.07, 6.45) is 8.85. The zero-order chi connectivity index (χ0) is 12.2. The van der Waals surface area contributed by atoms with Gasteiger partial charge in [-0.3, -0.25) is 0 Å². The van der Waals surface area contributed by atoms with Gasteiger partial charge in [0.15, 0.2) is 0 Å². The lowest BCUT2D eigenvalue weighted by Gasteiger charge is -2.11. The van der Waals surface area contributed by atoms with Crippen LogP contribution in [0.3, 0.4) is 0 Å². The molecule has 0 atom stereocenters. The smallest absolute Gasteiger partial charge is 0.0860 e. The number of aromatic nitrogens is 3. The van der Waals surface area contributed by atoms with Crippen LogP contribution in [0.15, 0.2) is 36.7 Å². The van der Waals surface area contributed by atoms with E-state index >= 15 is 0 Å². The van der Waals surface area contributed by atoms with E-state index < -0.39 is 0 Å². The zero-order valence-corrected chi connectivity index (χ0v) is 10.3. The summed E-state index contributed by atoms with van der Waals surface area (Å²) >= 11 is 0. The second kappa shape index (κ2) is 5.31. The van der Waals surface area contributed by atoms with Gasteiger partial charge in [-0.15, -0.1) is 0 Å². The summed E-state index contributed by atoms with van der Waals surface area (Å²) < 4.78 is 5.91. The van der Waals surface area contributed by atoms with Gasteiger partial charge in [-0.1, -0.05) is 25.0 Å². The summed E-state index contributed by atoms with van der Waals surface area (Å²) in [6, 6.07) is 8.18. The highest BCUT2D eigenvalue weighted by atomic mass is 16.5. The van der Waals surface area contributed by atoms with Gasteiger partial charge in [0.1, 0.15) is 0 Å². The second-order valence-electron chi connectivity index (χ2n) is 4.71. The summed E-state index contributed by atoms with van der Waals surface area (Å²) in [5, 5.41) is 8.26. The highest BCUT2D eigenvalue weighted by molar-refractivity contribution is 5.33. The molecule has 0 spiro atoms. The van der Waals surface area contributed by atoms with E-state index in [2.05, 4.69) is 22.3 Å². The SMILES string of the molecule is c1cc(COC2CCCC2)cc(-n2nccn2)c1. The molecule has 1 saturated carbocycles. The molecule has 0 radical (unpaired) electrons. The van der Waals surface area contributed by atoms with E-state index in [0.29, 0.717) is 12.7 Å². The molecule has 4 heteroatoms. The lowest BCUT2D eigenvalue weighted by Crippen LogP contribution is -2.07. The standard InChI is InChI=1S/C14H17N3O/c1-2-7-14(6-1)18-11-12-4-3-5-13(10-12)17-15-8-9-16-17/h3-5,8-10,14H,1-2,6-7,11H2. The number of hydrogen-bond donors (Lipinski definition) is 0. The third kappa shape index (κ3) is 2.59. The number of hydrogen-bond acceptors (Lipinski definition) is 3. The Labute approximate surface area is 107 Å². The Kier molecular flexibility index (Phi) is 3.37. The van der Waals surface area contributed by atoms with Gasteiger partial charge in [0.05, 0.1) is 30.8 Å². The van der Waals surface area contributed by atoms with Crippen LogP contribution in [0.25, 0.3) is 5.69 Å². The lowest BCUT2D eigenvalue weighted by atomic mass is 10.2. The Hall–Kier alpha value is -1.68. The molecule has 0 unspecified atom stereocenters. The quantitative estimate of drug-likeness (QED) is 0.829. The van der Waals surface area contributed by atoms with Crippen LogP contribution >= 0.6 is 0 Å². The van der Waals surface area contributed by atoms with E-state index in [-0.39, 0.29) is 0 Å². The number of ether oxygens (including phenoxy) is 1. The van der Waals surface area contributed by atoms with Crippen molar-refractivity contribution in [2.75, 3.05) is 0 Å². The van der Waals surface area contributed by atoms with E-state index in [1.165, 1.54) is 31.2 Å². The van der Waals surface area contributed by atoms with Crippen LogP contribution in [0, 0.1) is 0 Å². The van der Waals surface area contributed by atoms with E-state index in [1.807, 2.05) is 12.1 Å². The zero-order valence-electron chi connectivity index (χ0n) is 10.3. The molecule has 3 rings (SSSR count). The number of nitrogens with zero attached hydrogens (tertiary/aromatic N) is 3. The molecule has 2 aromatic rings. The molecule has 1 aromatic heterocycles. The first-order valence-electron chi connectivity index (χ1n) is 6.49. The summed E-state index contributed by atoms with van der Waals surface area (Å²) in [5.74, 6) is 0. The van der Waals surface area contributed by atoms with Crippen molar-refractivity contribution >= 4 is 0 Å². The topological polar surface area (TPSA) is 39.9 Å². The van der Waals surface area contributed by atoms with Gasteiger partial charge in [-0.2, -0.15) is 15.0 Å². The molecule has 18 heavy (non-hydrogen) atoms. The predicted octanol–water partition coefficient (Wildman–Crippen LogP) is 2.73. The molecule has 0 bridgehead atoms. The lowest BCUT2D eigenvalue weighted by molar-refractivity contribution is 0.0457. The Morgan fingerprint density at radius 3 is 2.72 bits per heavy atom. The van der Waals surface area contributed by atoms with Crippen molar-refractivity contribution in [1.29, 1.82) is 0 Å². The molecule has 0 amide bonds. The Morgan fingerprint density at radius 2 is 1.94 bits per heavy atom. The normalized spacial score (nSPS) is 16.2. The van der Waals surface area contributed by atoms with Crippen molar-refractivity contribution in [1.82, 2.24) is 15.0 Å². The third-order valence-electron chi connectivity index (χ3n) is 3.35. The first-order valence-corrected chi connectivity index (χ1v) is 6.49. The fourth-order valence-electron chi connectivity index (χ4n) is 2.39. The van der Waals surface area contributed by atoms with Crippen LogP contribution in [-0.4, -0.2) is 21.1 Å². The minimum Gasteiger partial charge on any atom is -0.374 e. The molecule has 94 valence electrons. The van der Waals surface area contributed by atoms with Crippen LogP contribution in [-0.2, 0) is 11.3 Å². The van der Waals surface area contributed by atoms with Crippen molar-refractivity contribution in [3.63, 3.8) is 0 Å². The van der Waals surface area contributed by atoms with E-state index in [9.17, 15) is 0 Å². The van der Waals surface area contributed by atoms with Crippen LogP contribution in [0.4, 0.5) is 0 Å². The van der Waals surface area contributed by atoms with Gasteiger partial charge >= 0.3 is 0 Å². The Bertz CT molecular complexity index is 490. The highest BCUT2D eigenvalue weighted by Gasteiger charge is 2.15. The van der Waals surface area contributed by atoms with Gasteiger partial charge in [0, 0.05) is 0 Å². The van der Waals surface area contributed by atoms with Crippen molar-refractivity contribution in [3.05, 3.63) is 42.2 Å². The third-order valence-corrected chi connectivity index (χ3v) is 3.35. The minimum atomic E-state index is 0.455. The van der Waals surface area contributed by atoms with Crippen molar-refractivity contribution < 1.29 is 4.74 Å². The molecule has 1 heterocycles. The predicted molar refractivity (Wildman–Crippen MR) is 68.4 cm³/mol. The fraction of sp³-hybridized carbons (Fsp3) is 0.429. The maximum Gasteiger partial charge on any atom is 0.0860 e. The average molecular weight is 243 g/mol. The van der Waals surface area contributed by atoms with E-state index in [4.69, 9.17) is 4.74 Å². The van der Waals surface area contributed by atoms with Crippen molar-refractivity contribution in [2.24, 2.45) is 0 Å². The minimum absolute atomic E-state index is 0.455. The van der Waals surface area contributed by atoms with Gasteiger partial charge in [-0.25, -0.2) is 0 Å². The number of rotatable bonds is 4. The Morgan fingerprint density at radius 1 is 1.17 bits per heavy atom. The van der Waals surface area contributed by atoms with Crippen molar-refractivity contribution in [2.45, 2.75) is 38.4 Å². The summed E-state index contributed by atoms with van der Waals surface area (Å²) in [6.45, 7) is 0.680. The summed E-state index contributed by atoms with van der Waals surface area (Å²) in [7, 11) is 0. The molecule has 1 fully saturated rings. The number of benzene rings is 1. The highest BCUT2D eigenvalue weighted by Crippen LogP contribution is 2.22. The maximum atomic E-state index is 5.91. The monoisotopic (exact) mass is 243 g/mol. The van der Waals surface area contributed by atoms with Gasteiger partial charge in [0.25, 0.3) is 0 Å². The first-order chi connectivity index (χ1) is 8.92. The second-order valence-corrected chi connectivity index (χ2v) is 4.71. The molecule has 1 aliphatic carbocycles. The van der Waals surface area contributed by atoms with Gasteiger partial charge in [-0.05, 0) is 30.5 Å². The Balaban J connectivity index is 1.67. The average Bonchev–Trinajstić information content (AvgIpc) is 3.10. The van der Waals surface area contributed by atoms with E-state index in [1.54, 1.807) is 17.2 Å². The molecular weight excluding hydrogens is 226 g/mol. The van der Waals surface area contributed by atoms with E-state index in [0.717, 1.165) is 5.69 Å². The largest absolute Gasteiger partial charge is 0.374 e. The van der Waals surface area contributed by atoms with Crippen LogP contribution in [0.1, 0.15) is 31.2 Å². The van der Waals surface area contributed by atoms with Gasteiger partial charge < -0.3 is 4.74 Å². The van der Waals surface area contributed by atoms with Gasteiger partial charge in [0.2, 0.25) is 0 Å². The first kappa shape index (κ1) is 11.4.